The van der Waals surface area contributed by atoms with Crippen LogP contribution in [0.1, 0.15) is 19.4 Å². The number of hydrogen-bond acceptors (Lipinski definition) is 5. The number of rotatable bonds is 6. The Morgan fingerprint density at radius 3 is 2.34 bits per heavy atom. The highest BCUT2D eigenvalue weighted by Crippen LogP contribution is 2.26. The van der Waals surface area contributed by atoms with Crippen LogP contribution in [0, 0.1) is 5.82 Å². The lowest BCUT2D eigenvalue weighted by atomic mass is 10.1. The molecule has 29 heavy (non-hydrogen) atoms. The van der Waals surface area contributed by atoms with E-state index in [9.17, 15) is 4.39 Å². The lowest BCUT2D eigenvalue weighted by molar-refractivity contribution is 0.628. The summed E-state index contributed by atoms with van der Waals surface area (Å²) in [6.07, 6.45) is 0. The van der Waals surface area contributed by atoms with Crippen LogP contribution in [-0.4, -0.2) is 21.0 Å². The van der Waals surface area contributed by atoms with Gasteiger partial charge in [-0.25, -0.2) is 14.4 Å². The second-order valence-corrected chi connectivity index (χ2v) is 7.11. The summed E-state index contributed by atoms with van der Waals surface area (Å²) in [4.78, 5) is 14.0. The largest absolute Gasteiger partial charge is 0.366 e. The molecule has 0 saturated heterocycles. The Morgan fingerprint density at radius 2 is 1.62 bits per heavy atom. The smallest absolute Gasteiger partial charge is 0.225 e. The second kappa shape index (κ2) is 8.22. The first-order valence-electron chi connectivity index (χ1n) is 9.57. The van der Waals surface area contributed by atoms with E-state index >= 15 is 0 Å². The van der Waals surface area contributed by atoms with E-state index in [-0.39, 0.29) is 11.9 Å². The summed E-state index contributed by atoms with van der Waals surface area (Å²) in [7, 11) is 0. The first kappa shape index (κ1) is 18.8. The molecule has 0 aliphatic heterocycles. The van der Waals surface area contributed by atoms with Gasteiger partial charge in [0.05, 0.1) is 11.2 Å². The maximum absolute atomic E-state index is 13.2. The summed E-state index contributed by atoms with van der Waals surface area (Å²) in [5.41, 5.74) is 4.17. The average molecular weight is 387 g/mol. The standard InChI is InChI=1S/C23H22FN5/c1-15(2)26-22-21-20(13-12-19(27-21)17-8-10-18(24)11-9-17)28-23(29-22)25-14-16-6-4-3-5-7-16/h3-13,15H,14H2,1-2H3,(H2,25,26,28,29). The minimum absolute atomic E-state index is 0.186. The molecule has 0 aliphatic rings. The maximum atomic E-state index is 13.2. The number of aromatic nitrogens is 3. The van der Waals surface area contributed by atoms with Crippen LogP contribution in [0.5, 0.6) is 0 Å². The summed E-state index contributed by atoms with van der Waals surface area (Å²) in [6.45, 7) is 4.73. The Hall–Kier alpha value is -3.54. The molecule has 6 heteroatoms. The summed E-state index contributed by atoms with van der Waals surface area (Å²) < 4.78 is 13.2. The van der Waals surface area contributed by atoms with Crippen LogP contribution in [0.25, 0.3) is 22.3 Å². The zero-order valence-electron chi connectivity index (χ0n) is 16.4. The molecular weight excluding hydrogens is 365 g/mol. The van der Waals surface area contributed by atoms with Crippen LogP contribution in [0.3, 0.4) is 0 Å². The van der Waals surface area contributed by atoms with E-state index in [1.54, 1.807) is 12.1 Å². The van der Waals surface area contributed by atoms with E-state index in [2.05, 4.69) is 46.6 Å². The number of anilines is 2. The van der Waals surface area contributed by atoms with E-state index < -0.39 is 0 Å². The molecule has 2 aromatic heterocycles. The number of benzene rings is 2. The van der Waals surface area contributed by atoms with Crippen molar-refractivity contribution in [3.05, 3.63) is 78.1 Å². The number of halogens is 1. The van der Waals surface area contributed by atoms with Gasteiger partial charge in [-0.15, -0.1) is 0 Å². The second-order valence-electron chi connectivity index (χ2n) is 7.11. The van der Waals surface area contributed by atoms with E-state index in [1.807, 2.05) is 30.3 Å². The zero-order chi connectivity index (χ0) is 20.2. The van der Waals surface area contributed by atoms with Crippen LogP contribution in [0.2, 0.25) is 0 Å². The maximum Gasteiger partial charge on any atom is 0.225 e. The molecule has 5 nitrogen and oxygen atoms in total. The van der Waals surface area contributed by atoms with E-state index in [1.165, 1.54) is 12.1 Å². The molecule has 0 bridgehead atoms. The fourth-order valence-corrected chi connectivity index (χ4v) is 3.03. The van der Waals surface area contributed by atoms with Crippen molar-refractivity contribution in [2.75, 3.05) is 10.6 Å². The Balaban J connectivity index is 1.70. The van der Waals surface area contributed by atoms with Crippen LogP contribution in [0.4, 0.5) is 16.2 Å². The molecule has 0 atom stereocenters. The van der Waals surface area contributed by atoms with Gasteiger partial charge in [-0.3, -0.25) is 0 Å². The van der Waals surface area contributed by atoms with Crippen molar-refractivity contribution in [3.63, 3.8) is 0 Å². The van der Waals surface area contributed by atoms with Crippen LogP contribution in [-0.2, 0) is 6.54 Å². The van der Waals surface area contributed by atoms with Crippen LogP contribution < -0.4 is 10.6 Å². The fraction of sp³-hybridized carbons (Fsp3) is 0.174. The molecule has 0 unspecified atom stereocenters. The monoisotopic (exact) mass is 387 g/mol. The average Bonchev–Trinajstić information content (AvgIpc) is 2.73. The molecule has 0 spiro atoms. The molecular formula is C23H22FN5. The molecule has 4 aromatic rings. The first-order chi connectivity index (χ1) is 14.1. The predicted molar refractivity (Wildman–Crippen MR) is 115 cm³/mol. The van der Waals surface area contributed by atoms with Crippen LogP contribution >= 0.6 is 0 Å². The molecule has 0 saturated carbocycles. The van der Waals surface area contributed by atoms with Gasteiger partial charge in [0.15, 0.2) is 5.82 Å². The predicted octanol–water partition coefficient (Wildman–Crippen LogP) is 5.26. The van der Waals surface area contributed by atoms with Crippen molar-refractivity contribution in [2.24, 2.45) is 0 Å². The topological polar surface area (TPSA) is 62.7 Å². The Labute approximate surface area is 169 Å². The third kappa shape index (κ3) is 4.48. The molecule has 0 fully saturated rings. The van der Waals surface area contributed by atoms with Gasteiger partial charge >= 0.3 is 0 Å². The van der Waals surface area contributed by atoms with Gasteiger partial charge in [0, 0.05) is 18.2 Å². The lowest BCUT2D eigenvalue weighted by Gasteiger charge is -2.14. The molecule has 0 aliphatic carbocycles. The summed E-state index contributed by atoms with van der Waals surface area (Å²) in [5, 5.41) is 6.65. The fourth-order valence-electron chi connectivity index (χ4n) is 3.03. The van der Waals surface area contributed by atoms with Crippen molar-refractivity contribution in [3.8, 4) is 11.3 Å². The van der Waals surface area contributed by atoms with Crippen molar-refractivity contribution in [1.82, 2.24) is 15.0 Å². The molecule has 146 valence electrons. The van der Waals surface area contributed by atoms with Crippen molar-refractivity contribution < 1.29 is 4.39 Å². The number of hydrogen-bond donors (Lipinski definition) is 2. The van der Waals surface area contributed by atoms with Gasteiger partial charge in [0.2, 0.25) is 5.95 Å². The summed E-state index contributed by atoms with van der Waals surface area (Å²) >= 11 is 0. The molecule has 0 radical (unpaired) electrons. The Bertz CT molecular complexity index is 1110. The van der Waals surface area contributed by atoms with Gasteiger partial charge in [0.1, 0.15) is 11.3 Å². The SMILES string of the molecule is CC(C)Nc1nc(NCc2ccccc2)nc2ccc(-c3ccc(F)cc3)nc12. The summed E-state index contributed by atoms with van der Waals surface area (Å²) in [5.74, 6) is 0.944. The molecule has 2 aromatic carbocycles. The third-order valence-corrected chi connectivity index (χ3v) is 4.40. The van der Waals surface area contributed by atoms with Crippen molar-refractivity contribution in [2.45, 2.75) is 26.4 Å². The van der Waals surface area contributed by atoms with Gasteiger partial charge in [-0.2, -0.15) is 4.98 Å². The number of pyridine rings is 1. The lowest BCUT2D eigenvalue weighted by Crippen LogP contribution is -2.14. The molecule has 2 N–H and O–H groups in total. The van der Waals surface area contributed by atoms with E-state index in [0.29, 0.717) is 23.8 Å². The van der Waals surface area contributed by atoms with Gasteiger partial charge in [-0.05, 0) is 55.8 Å². The highest BCUT2D eigenvalue weighted by Gasteiger charge is 2.12. The van der Waals surface area contributed by atoms with Crippen molar-refractivity contribution >= 4 is 22.8 Å². The third-order valence-electron chi connectivity index (χ3n) is 4.40. The highest BCUT2D eigenvalue weighted by atomic mass is 19.1. The Morgan fingerprint density at radius 1 is 0.862 bits per heavy atom. The van der Waals surface area contributed by atoms with Gasteiger partial charge in [-0.1, -0.05) is 30.3 Å². The molecule has 4 rings (SSSR count). The number of nitrogens with zero attached hydrogens (tertiary/aromatic N) is 3. The highest BCUT2D eigenvalue weighted by molar-refractivity contribution is 5.88. The quantitative estimate of drug-likeness (QED) is 0.472. The molecule has 2 heterocycles. The van der Waals surface area contributed by atoms with Gasteiger partial charge in [0.25, 0.3) is 0 Å². The summed E-state index contributed by atoms with van der Waals surface area (Å²) in [6, 6.07) is 20.4. The normalized spacial score (nSPS) is 11.0. The van der Waals surface area contributed by atoms with Gasteiger partial charge < -0.3 is 10.6 Å². The zero-order valence-corrected chi connectivity index (χ0v) is 16.4. The molecule has 0 amide bonds. The number of fused-ring (bicyclic) bond motifs is 1. The van der Waals surface area contributed by atoms with E-state index in [4.69, 9.17) is 4.98 Å². The van der Waals surface area contributed by atoms with E-state index in [0.717, 1.165) is 22.3 Å². The Kier molecular flexibility index (Phi) is 5.33. The minimum Gasteiger partial charge on any atom is -0.366 e. The van der Waals surface area contributed by atoms with Crippen molar-refractivity contribution in [1.29, 1.82) is 0 Å². The van der Waals surface area contributed by atoms with Crippen LogP contribution in [0.15, 0.2) is 66.7 Å². The number of nitrogens with one attached hydrogen (secondary N) is 2. The first-order valence-corrected chi connectivity index (χ1v) is 9.57. The minimum atomic E-state index is -0.269.